The molecule has 1 amide bonds. The Balaban J connectivity index is 0.000000401. The molecule has 14 heteroatoms. The summed E-state index contributed by atoms with van der Waals surface area (Å²) < 4.78 is 1.46. The third-order valence-electron chi connectivity index (χ3n) is 7.09. The SMILES string of the molecule is CCn1nc(CC(=O)N(CCN(C)C)C2CCN(C)CC2)c2ccccc2c1=O.O=C(O)CC(O)(CC(=O)O)C(=O)O. The number of rotatable bonds is 12. The number of aliphatic carboxylic acids is 3. The first-order valence-corrected chi connectivity index (χ1v) is 13.7. The molecule has 14 nitrogen and oxygen atoms in total. The van der Waals surface area contributed by atoms with Crippen molar-refractivity contribution in [1.29, 1.82) is 0 Å². The van der Waals surface area contributed by atoms with Gasteiger partial charge >= 0.3 is 17.9 Å². The number of hydrogen-bond acceptors (Lipinski definition) is 9. The van der Waals surface area contributed by atoms with Crippen molar-refractivity contribution in [3.63, 3.8) is 0 Å². The van der Waals surface area contributed by atoms with Gasteiger partial charge in [-0.3, -0.25) is 19.2 Å². The number of amides is 1. The van der Waals surface area contributed by atoms with E-state index in [1.807, 2.05) is 50.2 Å². The molecule has 2 aromatic rings. The van der Waals surface area contributed by atoms with Crippen LogP contribution < -0.4 is 5.56 Å². The fourth-order valence-corrected chi connectivity index (χ4v) is 4.73. The summed E-state index contributed by atoms with van der Waals surface area (Å²) in [5, 5.41) is 39.8. The molecule has 1 aliphatic heterocycles. The molecule has 1 saturated heterocycles. The van der Waals surface area contributed by atoms with E-state index in [1.165, 1.54) is 4.68 Å². The van der Waals surface area contributed by atoms with Crippen molar-refractivity contribution in [3.8, 4) is 0 Å². The van der Waals surface area contributed by atoms with Crippen molar-refractivity contribution in [1.82, 2.24) is 24.5 Å². The quantitative estimate of drug-likeness (QED) is 0.262. The van der Waals surface area contributed by atoms with Crippen LogP contribution in [0.3, 0.4) is 0 Å². The molecule has 4 N–H and O–H groups in total. The van der Waals surface area contributed by atoms with Gasteiger partial charge in [-0.2, -0.15) is 5.10 Å². The summed E-state index contributed by atoms with van der Waals surface area (Å²) in [5.74, 6) is -4.92. The van der Waals surface area contributed by atoms with Gasteiger partial charge in [0.05, 0.1) is 30.3 Å². The number of carbonyl (C=O) groups is 4. The first kappa shape index (κ1) is 34.3. The van der Waals surface area contributed by atoms with Crippen LogP contribution in [-0.2, 0) is 32.1 Å². The fraction of sp³-hybridized carbons (Fsp3) is 0.571. The number of carbonyl (C=O) groups excluding carboxylic acids is 1. The summed E-state index contributed by atoms with van der Waals surface area (Å²) in [5.41, 5.74) is -2.15. The van der Waals surface area contributed by atoms with E-state index in [0.29, 0.717) is 24.2 Å². The second kappa shape index (κ2) is 15.4. The van der Waals surface area contributed by atoms with Crippen LogP contribution in [0.25, 0.3) is 10.8 Å². The molecule has 1 aliphatic rings. The number of fused-ring (bicyclic) bond motifs is 1. The maximum atomic E-state index is 13.4. The predicted octanol–water partition coefficient (Wildman–Crippen LogP) is 0.195. The average molecular weight is 592 g/mol. The van der Waals surface area contributed by atoms with Crippen LogP contribution >= 0.6 is 0 Å². The van der Waals surface area contributed by atoms with E-state index in [-0.39, 0.29) is 23.9 Å². The minimum atomic E-state index is -2.74. The van der Waals surface area contributed by atoms with Crippen LogP contribution in [0.15, 0.2) is 29.1 Å². The number of likely N-dealkylation sites (tertiary alicyclic amines) is 1. The van der Waals surface area contributed by atoms with Crippen LogP contribution in [0, 0.1) is 0 Å². The second-order valence-corrected chi connectivity index (χ2v) is 10.7. The van der Waals surface area contributed by atoms with Crippen LogP contribution in [0.1, 0.15) is 38.3 Å². The van der Waals surface area contributed by atoms with Gasteiger partial charge in [0.2, 0.25) is 5.91 Å². The Bertz CT molecular complexity index is 1300. The van der Waals surface area contributed by atoms with Crippen LogP contribution in [0.2, 0.25) is 0 Å². The van der Waals surface area contributed by atoms with E-state index in [9.17, 15) is 24.0 Å². The van der Waals surface area contributed by atoms with Gasteiger partial charge in [0.25, 0.3) is 5.56 Å². The smallest absolute Gasteiger partial charge is 0.336 e. The van der Waals surface area contributed by atoms with Gasteiger partial charge in [-0.25, -0.2) is 9.48 Å². The Kier molecular flexibility index (Phi) is 12.6. The van der Waals surface area contributed by atoms with E-state index >= 15 is 0 Å². The molecule has 42 heavy (non-hydrogen) atoms. The maximum absolute atomic E-state index is 13.4. The van der Waals surface area contributed by atoms with E-state index in [2.05, 4.69) is 21.9 Å². The number of aliphatic hydroxyl groups is 1. The fourth-order valence-electron chi connectivity index (χ4n) is 4.73. The zero-order valence-electron chi connectivity index (χ0n) is 24.5. The number of carboxylic acids is 3. The molecule has 2 heterocycles. The Morgan fingerprint density at radius 2 is 1.52 bits per heavy atom. The molecule has 0 spiro atoms. The van der Waals surface area contributed by atoms with E-state index in [1.54, 1.807) is 0 Å². The molecule has 3 rings (SSSR count). The maximum Gasteiger partial charge on any atom is 0.336 e. The summed E-state index contributed by atoms with van der Waals surface area (Å²) in [4.78, 5) is 62.9. The molecule has 1 aromatic heterocycles. The highest BCUT2D eigenvalue weighted by Gasteiger charge is 2.40. The van der Waals surface area contributed by atoms with Gasteiger partial charge in [0, 0.05) is 31.1 Å². The summed E-state index contributed by atoms with van der Waals surface area (Å²) in [6.07, 6.45) is -0.0690. The molecule has 0 bridgehead atoms. The highest BCUT2D eigenvalue weighted by Crippen LogP contribution is 2.19. The zero-order valence-corrected chi connectivity index (χ0v) is 24.5. The Hall–Kier alpha value is -3.88. The van der Waals surface area contributed by atoms with Crippen LogP contribution in [0.4, 0.5) is 0 Å². The highest BCUT2D eigenvalue weighted by molar-refractivity contribution is 5.89. The largest absolute Gasteiger partial charge is 0.481 e. The number of likely N-dealkylation sites (N-methyl/N-ethyl adjacent to an activating group) is 1. The number of piperidine rings is 1. The first-order chi connectivity index (χ1) is 19.7. The minimum Gasteiger partial charge on any atom is -0.481 e. The monoisotopic (exact) mass is 591 g/mol. The number of nitrogens with zero attached hydrogens (tertiary/aromatic N) is 5. The van der Waals surface area contributed by atoms with Crippen LogP contribution in [0.5, 0.6) is 0 Å². The van der Waals surface area contributed by atoms with E-state index in [4.69, 9.17) is 20.4 Å². The number of aryl methyl sites for hydroxylation is 1. The number of benzene rings is 1. The molecular formula is C28H41N5O9. The number of carboxylic acid groups (broad SMARTS) is 3. The normalized spacial score (nSPS) is 14.3. The standard InChI is InChI=1S/C22H33N5O2.C6H8O7/c1-5-27-22(29)19-9-7-6-8-18(19)20(23-27)16-21(28)26(15-14-24(2)3)17-10-12-25(4)13-11-17;7-3(8)1-6(13,5(11)12)2-4(9)10/h6-9,17H,5,10-16H2,1-4H3;13H,1-2H2,(H,7,8)(H,9,10)(H,11,12). The van der Waals surface area contributed by atoms with Crippen molar-refractivity contribution < 1.29 is 39.6 Å². The van der Waals surface area contributed by atoms with E-state index in [0.717, 1.165) is 37.9 Å². The molecule has 0 radical (unpaired) electrons. The summed E-state index contributed by atoms with van der Waals surface area (Å²) in [6, 6.07) is 7.74. The summed E-state index contributed by atoms with van der Waals surface area (Å²) >= 11 is 0. The van der Waals surface area contributed by atoms with Gasteiger partial charge in [-0.05, 0) is 60.1 Å². The lowest BCUT2D eigenvalue weighted by molar-refractivity contribution is -0.170. The topological polar surface area (TPSA) is 194 Å². The van der Waals surface area contributed by atoms with E-state index < -0.39 is 36.4 Å². The molecule has 0 saturated carbocycles. The number of aromatic nitrogens is 2. The van der Waals surface area contributed by atoms with Gasteiger partial charge in [-0.15, -0.1) is 0 Å². The van der Waals surface area contributed by atoms with Crippen LogP contribution in [-0.4, -0.2) is 128 Å². The molecule has 0 aliphatic carbocycles. The lowest BCUT2D eigenvalue weighted by Crippen LogP contribution is -2.49. The highest BCUT2D eigenvalue weighted by atomic mass is 16.4. The Morgan fingerprint density at radius 3 is 2.00 bits per heavy atom. The van der Waals surface area contributed by atoms with Crippen molar-refractivity contribution in [2.24, 2.45) is 0 Å². The zero-order chi connectivity index (χ0) is 31.6. The van der Waals surface area contributed by atoms with Crippen molar-refractivity contribution in [2.75, 3.05) is 47.3 Å². The lowest BCUT2D eigenvalue weighted by Gasteiger charge is -2.38. The van der Waals surface area contributed by atoms with Gasteiger partial charge in [0.1, 0.15) is 0 Å². The summed E-state index contributed by atoms with van der Waals surface area (Å²) in [6.45, 7) is 5.96. The Labute approximate surface area is 243 Å². The molecule has 1 fully saturated rings. The Morgan fingerprint density at radius 1 is 0.976 bits per heavy atom. The molecule has 0 atom stereocenters. The molecular weight excluding hydrogens is 550 g/mol. The average Bonchev–Trinajstić information content (AvgIpc) is 2.90. The summed E-state index contributed by atoms with van der Waals surface area (Å²) in [7, 11) is 6.19. The lowest BCUT2D eigenvalue weighted by atomic mass is 9.96. The molecule has 232 valence electrons. The molecule has 1 aromatic carbocycles. The van der Waals surface area contributed by atoms with Crippen molar-refractivity contribution in [2.45, 2.75) is 57.2 Å². The first-order valence-electron chi connectivity index (χ1n) is 13.7. The van der Waals surface area contributed by atoms with Gasteiger partial charge < -0.3 is 35.1 Å². The van der Waals surface area contributed by atoms with Crippen molar-refractivity contribution >= 4 is 34.6 Å². The van der Waals surface area contributed by atoms with Gasteiger partial charge in [-0.1, -0.05) is 18.2 Å². The van der Waals surface area contributed by atoms with Crippen molar-refractivity contribution in [3.05, 3.63) is 40.3 Å². The number of hydrogen-bond donors (Lipinski definition) is 4. The minimum absolute atomic E-state index is 0.0976. The third-order valence-corrected chi connectivity index (χ3v) is 7.09. The molecule has 0 unspecified atom stereocenters. The second-order valence-electron chi connectivity index (χ2n) is 10.7. The predicted molar refractivity (Wildman–Crippen MR) is 153 cm³/mol. The third kappa shape index (κ3) is 9.60. The van der Waals surface area contributed by atoms with Gasteiger partial charge in [0.15, 0.2) is 5.60 Å².